The zero-order valence-corrected chi connectivity index (χ0v) is 14.8. The molecule has 1 heterocycles. The third-order valence-corrected chi connectivity index (χ3v) is 4.19. The first-order valence-electron chi connectivity index (χ1n) is 7.44. The largest absolute Gasteiger partial charge is 0.339 e. The number of amides is 1. The molecule has 1 aromatic heterocycles. The average Bonchev–Trinajstić information content (AvgIpc) is 2.59. The van der Waals surface area contributed by atoms with Gasteiger partial charge < -0.3 is 10.6 Å². The number of benzene rings is 2. The van der Waals surface area contributed by atoms with Crippen LogP contribution in [0.2, 0.25) is 10.0 Å². The van der Waals surface area contributed by atoms with E-state index in [1.54, 1.807) is 18.2 Å². The number of aromatic nitrogens is 2. The van der Waals surface area contributed by atoms with E-state index >= 15 is 0 Å². The number of carbonyl (C=O) groups is 1. The SMILES string of the molecule is Cc1cccc(Nc2cnc(C(=O)Nc3cccc(Cl)c3Cl)cn2)c1. The first-order valence-corrected chi connectivity index (χ1v) is 8.19. The van der Waals surface area contributed by atoms with Crippen LogP contribution in [0, 0.1) is 6.92 Å². The minimum atomic E-state index is -0.418. The molecule has 0 spiro atoms. The first-order chi connectivity index (χ1) is 12.0. The molecule has 0 atom stereocenters. The Kier molecular flexibility index (Phi) is 5.16. The van der Waals surface area contributed by atoms with Crippen molar-refractivity contribution in [2.24, 2.45) is 0 Å². The molecule has 0 unspecified atom stereocenters. The van der Waals surface area contributed by atoms with Gasteiger partial charge in [-0.3, -0.25) is 4.79 Å². The van der Waals surface area contributed by atoms with Gasteiger partial charge in [0.1, 0.15) is 11.5 Å². The zero-order valence-electron chi connectivity index (χ0n) is 13.3. The number of halogens is 2. The van der Waals surface area contributed by atoms with E-state index in [-0.39, 0.29) is 10.7 Å². The van der Waals surface area contributed by atoms with Gasteiger partial charge in [0, 0.05) is 5.69 Å². The summed E-state index contributed by atoms with van der Waals surface area (Å²) in [6.07, 6.45) is 2.89. The van der Waals surface area contributed by atoms with Gasteiger partial charge >= 0.3 is 0 Å². The molecular formula is C18H14Cl2N4O. The van der Waals surface area contributed by atoms with Crippen molar-refractivity contribution in [3.8, 4) is 0 Å². The summed E-state index contributed by atoms with van der Waals surface area (Å²) in [5, 5.41) is 6.44. The molecule has 0 aliphatic rings. The lowest BCUT2D eigenvalue weighted by atomic mass is 10.2. The molecule has 0 radical (unpaired) electrons. The molecule has 0 aliphatic carbocycles. The predicted octanol–water partition coefficient (Wildman–Crippen LogP) is 5.09. The normalized spacial score (nSPS) is 10.4. The molecule has 3 rings (SSSR count). The summed E-state index contributed by atoms with van der Waals surface area (Å²) >= 11 is 12.0. The van der Waals surface area contributed by atoms with Gasteiger partial charge in [-0.25, -0.2) is 9.97 Å². The predicted molar refractivity (Wildman–Crippen MR) is 101 cm³/mol. The van der Waals surface area contributed by atoms with Crippen LogP contribution in [0.1, 0.15) is 16.1 Å². The molecule has 2 N–H and O–H groups in total. The van der Waals surface area contributed by atoms with Crippen molar-refractivity contribution in [2.45, 2.75) is 6.92 Å². The summed E-state index contributed by atoms with van der Waals surface area (Å²) in [5.74, 6) is 0.127. The van der Waals surface area contributed by atoms with Crippen LogP contribution in [-0.4, -0.2) is 15.9 Å². The van der Waals surface area contributed by atoms with E-state index in [9.17, 15) is 4.79 Å². The van der Waals surface area contributed by atoms with Crippen molar-refractivity contribution < 1.29 is 4.79 Å². The molecule has 1 amide bonds. The number of nitrogens with zero attached hydrogens (tertiary/aromatic N) is 2. The molecule has 0 bridgehead atoms. The molecule has 2 aromatic carbocycles. The van der Waals surface area contributed by atoms with Gasteiger partial charge in [-0.15, -0.1) is 0 Å². The van der Waals surface area contributed by atoms with Crippen molar-refractivity contribution in [3.05, 3.63) is 76.2 Å². The molecule has 0 saturated carbocycles. The third-order valence-electron chi connectivity index (χ3n) is 3.37. The van der Waals surface area contributed by atoms with Crippen molar-refractivity contribution in [1.82, 2.24) is 9.97 Å². The highest BCUT2D eigenvalue weighted by molar-refractivity contribution is 6.44. The number of hydrogen-bond acceptors (Lipinski definition) is 4. The van der Waals surface area contributed by atoms with Gasteiger partial charge in [0.05, 0.1) is 28.1 Å². The fourth-order valence-corrected chi connectivity index (χ4v) is 2.52. The topological polar surface area (TPSA) is 66.9 Å². The fraction of sp³-hybridized carbons (Fsp3) is 0.0556. The Balaban J connectivity index is 1.71. The summed E-state index contributed by atoms with van der Waals surface area (Å²) in [6, 6.07) is 12.9. The van der Waals surface area contributed by atoms with Crippen LogP contribution in [0.3, 0.4) is 0 Å². The lowest BCUT2D eigenvalue weighted by Crippen LogP contribution is -2.14. The number of aryl methyl sites for hydroxylation is 1. The number of carbonyl (C=O) groups excluding carboxylic acids is 1. The quantitative estimate of drug-likeness (QED) is 0.669. The molecule has 126 valence electrons. The molecular weight excluding hydrogens is 359 g/mol. The van der Waals surface area contributed by atoms with Crippen molar-refractivity contribution in [3.63, 3.8) is 0 Å². The van der Waals surface area contributed by atoms with Crippen LogP contribution in [0.4, 0.5) is 17.2 Å². The summed E-state index contributed by atoms with van der Waals surface area (Å²) in [6.45, 7) is 2.01. The number of nitrogens with one attached hydrogen (secondary N) is 2. The summed E-state index contributed by atoms with van der Waals surface area (Å²) < 4.78 is 0. The molecule has 25 heavy (non-hydrogen) atoms. The summed E-state index contributed by atoms with van der Waals surface area (Å²) in [7, 11) is 0. The van der Waals surface area contributed by atoms with Gasteiger partial charge in [0.15, 0.2) is 0 Å². The highest BCUT2D eigenvalue weighted by Gasteiger charge is 2.12. The van der Waals surface area contributed by atoms with Gasteiger partial charge in [-0.05, 0) is 36.8 Å². The van der Waals surface area contributed by atoms with E-state index in [0.29, 0.717) is 16.5 Å². The smallest absolute Gasteiger partial charge is 0.275 e. The second-order valence-electron chi connectivity index (χ2n) is 5.34. The van der Waals surface area contributed by atoms with Crippen LogP contribution < -0.4 is 10.6 Å². The van der Waals surface area contributed by atoms with Crippen LogP contribution in [0.25, 0.3) is 0 Å². The van der Waals surface area contributed by atoms with Gasteiger partial charge in [-0.1, -0.05) is 41.4 Å². The van der Waals surface area contributed by atoms with Crippen LogP contribution in [0.5, 0.6) is 0 Å². The van der Waals surface area contributed by atoms with E-state index < -0.39 is 5.91 Å². The van der Waals surface area contributed by atoms with E-state index in [0.717, 1.165) is 11.3 Å². The minimum absolute atomic E-state index is 0.172. The summed E-state index contributed by atoms with van der Waals surface area (Å²) in [5.41, 5.74) is 2.62. The highest BCUT2D eigenvalue weighted by atomic mass is 35.5. The second kappa shape index (κ2) is 7.51. The van der Waals surface area contributed by atoms with Gasteiger partial charge in [-0.2, -0.15) is 0 Å². The Labute approximate surface area is 155 Å². The van der Waals surface area contributed by atoms with Crippen LogP contribution in [0.15, 0.2) is 54.9 Å². The number of rotatable bonds is 4. The highest BCUT2D eigenvalue weighted by Crippen LogP contribution is 2.29. The zero-order chi connectivity index (χ0) is 17.8. The third kappa shape index (κ3) is 4.26. The molecule has 7 heteroatoms. The van der Waals surface area contributed by atoms with Crippen LogP contribution in [-0.2, 0) is 0 Å². The monoisotopic (exact) mass is 372 g/mol. The number of hydrogen-bond donors (Lipinski definition) is 2. The Morgan fingerprint density at radius 1 is 1.04 bits per heavy atom. The first kappa shape index (κ1) is 17.2. The van der Waals surface area contributed by atoms with Gasteiger partial charge in [0.2, 0.25) is 0 Å². The van der Waals surface area contributed by atoms with Crippen molar-refractivity contribution in [2.75, 3.05) is 10.6 Å². The Morgan fingerprint density at radius 3 is 2.56 bits per heavy atom. The van der Waals surface area contributed by atoms with E-state index in [1.165, 1.54) is 12.4 Å². The maximum absolute atomic E-state index is 12.3. The van der Waals surface area contributed by atoms with E-state index in [1.807, 2.05) is 31.2 Å². The van der Waals surface area contributed by atoms with Crippen LogP contribution >= 0.6 is 23.2 Å². The Bertz CT molecular complexity index is 913. The molecule has 0 aliphatic heterocycles. The Hall–Kier alpha value is -2.63. The molecule has 3 aromatic rings. The van der Waals surface area contributed by atoms with Crippen molar-refractivity contribution in [1.29, 1.82) is 0 Å². The summed E-state index contributed by atoms with van der Waals surface area (Å²) in [4.78, 5) is 20.6. The molecule has 0 saturated heterocycles. The molecule has 0 fully saturated rings. The standard InChI is InChI=1S/C18H14Cl2N4O/c1-11-4-2-5-12(8-11)23-16-10-21-15(9-22-16)18(25)24-14-7-3-6-13(19)17(14)20/h2-10H,1H3,(H,22,23)(H,24,25). The van der Waals surface area contributed by atoms with E-state index in [2.05, 4.69) is 20.6 Å². The maximum atomic E-state index is 12.3. The number of anilines is 3. The minimum Gasteiger partial charge on any atom is -0.339 e. The average molecular weight is 373 g/mol. The Morgan fingerprint density at radius 2 is 1.84 bits per heavy atom. The van der Waals surface area contributed by atoms with Gasteiger partial charge in [0.25, 0.3) is 5.91 Å². The lowest BCUT2D eigenvalue weighted by Gasteiger charge is -2.09. The lowest BCUT2D eigenvalue weighted by molar-refractivity contribution is 0.102. The maximum Gasteiger partial charge on any atom is 0.275 e. The molecule has 5 nitrogen and oxygen atoms in total. The second-order valence-corrected chi connectivity index (χ2v) is 6.12. The van der Waals surface area contributed by atoms with Crippen molar-refractivity contribution >= 4 is 46.3 Å². The van der Waals surface area contributed by atoms with E-state index in [4.69, 9.17) is 23.2 Å². The fourth-order valence-electron chi connectivity index (χ4n) is 2.17.